The number of hydrogen-bond donors (Lipinski definition) is 5. The van der Waals surface area contributed by atoms with Crippen LogP contribution in [0.25, 0.3) is 0 Å². The average Bonchev–Trinajstić information content (AvgIpc) is 3.18. The van der Waals surface area contributed by atoms with Gasteiger partial charge in [-0.05, 0) is 64.2 Å². The highest BCUT2D eigenvalue weighted by atomic mass is 16.3. The van der Waals surface area contributed by atoms with E-state index in [1.807, 2.05) is 0 Å². The summed E-state index contributed by atoms with van der Waals surface area (Å²) in [6.07, 6.45) is 50.4. The number of rotatable bonds is 42. The zero-order valence-corrected chi connectivity index (χ0v) is 35.7. The van der Waals surface area contributed by atoms with Gasteiger partial charge in [0, 0.05) is 0 Å². The molecule has 0 aromatic carbocycles. The van der Waals surface area contributed by atoms with Crippen molar-refractivity contribution in [3.8, 4) is 0 Å². The molecule has 5 N–H and O–H groups in total. The number of amides is 1. The monoisotopic (exact) mass is 762 g/mol. The van der Waals surface area contributed by atoms with Gasteiger partial charge in [-0.25, -0.2) is 0 Å². The lowest BCUT2D eigenvalue weighted by Gasteiger charge is -2.27. The lowest BCUT2D eigenvalue weighted by molar-refractivity contribution is -0.132. The van der Waals surface area contributed by atoms with E-state index in [2.05, 4.69) is 55.6 Å². The molecule has 0 saturated carbocycles. The van der Waals surface area contributed by atoms with Crippen molar-refractivity contribution in [3.05, 3.63) is 36.5 Å². The minimum atomic E-state index is -1.29. The summed E-state index contributed by atoms with van der Waals surface area (Å²) < 4.78 is 0. The topological polar surface area (TPSA) is 110 Å². The highest BCUT2D eigenvalue weighted by molar-refractivity contribution is 5.80. The molecule has 0 aromatic heterocycles. The Balaban J connectivity index is 3.78. The maximum atomic E-state index is 12.5. The van der Waals surface area contributed by atoms with E-state index >= 15 is 0 Å². The molecule has 0 aliphatic carbocycles. The Morgan fingerprint density at radius 2 is 0.778 bits per heavy atom. The first-order chi connectivity index (χ1) is 26.5. The second kappa shape index (κ2) is 42.7. The van der Waals surface area contributed by atoms with Gasteiger partial charge in [-0.3, -0.25) is 4.79 Å². The van der Waals surface area contributed by atoms with Crippen LogP contribution in [0.2, 0.25) is 0 Å². The zero-order chi connectivity index (χ0) is 39.6. The number of hydrogen-bond acceptors (Lipinski definition) is 5. The number of allylic oxidation sites excluding steroid dienone is 6. The van der Waals surface area contributed by atoms with Gasteiger partial charge in [-0.15, -0.1) is 0 Å². The van der Waals surface area contributed by atoms with Gasteiger partial charge in [0.25, 0.3) is 0 Å². The van der Waals surface area contributed by atoms with Crippen molar-refractivity contribution in [2.45, 2.75) is 257 Å². The summed E-state index contributed by atoms with van der Waals surface area (Å²) in [4.78, 5) is 12.5. The summed E-state index contributed by atoms with van der Waals surface area (Å²) in [5.41, 5.74) is 0. The van der Waals surface area contributed by atoms with E-state index in [-0.39, 0.29) is 0 Å². The van der Waals surface area contributed by atoms with E-state index in [9.17, 15) is 25.2 Å². The van der Waals surface area contributed by atoms with E-state index < -0.39 is 36.9 Å². The van der Waals surface area contributed by atoms with E-state index in [4.69, 9.17) is 0 Å². The second-order valence-electron chi connectivity index (χ2n) is 16.1. The molecule has 0 heterocycles. The van der Waals surface area contributed by atoms with Crippen LogP contribution in [0, 0.1) is 0 Å². The molecule has 6 heteroatoms. The van der Waals surface area contributed by atoms with Crippen molar-refractivity contribution in [1.82, 2.24) is 5.32 Å². The predicted octanol–water partition coefficient (Wildman–Crippen LogP) is 12.5. The van der Waals surface area contributed by atoms with Crippen LogP contribution in [0.15, 0.2) is 36.5 Å². The number of aliphatic hydroxyl groups excluding tert-OH is 4. The van der Waals surface area contributed by atoms with Crippen LogP contribution in [0.4, 0.5) is 0 Å². The quantitative estimate of drug-likeness (QED) is 0.0314. The van der Waals surface area contributed by atoms with Crippen molar-refractivity contribution in [2.24, 2.45) is 0 Å². The third-order valence-electron chi connectivity index (χ3n) is 10.8. The normalized spacial score (nSPS) is 14.4. The Morgan fingerprint density at radius 3 is 1.17 bits per heavy atom. The smallest absolute Gasteiger partial charge is 0.249 e. The van der Waals surface area contributed by atoms with Gasteiger partial charge in [0.1, 0.15) is 12.2 Å². The Labute approximate surface area is 335 Å². The molecular weight excluding hydrogens is 671 g/mol. The van der Waals surface area contributed by atoms with E-state index in [0.717, 1.165) is 51.4 Å². The summed E-state index contributed by atoms with van der Waals surface area (Å²) in [5.74, 6) is -0.599. The number of nitrogens with one attached hydrogen (secondary N) is 1. The number of carbonyl (C=O) groups excluding carboxylic acids is 1. The summed E-state index contributed by atoms with van der Waals surface area (Å²) in [6.45, 7) is 4.03. The van der Waals surface area contributed by atoms with Gasteiger partial charge in [0.15, 0.2) is 0 Å². The third kappa shape index (κ3) is 36.2. The Bertz CT molecular complexity index is 858. The average molecular weight is 762 g/mol. The number of aliphatic hydroxyl groups is 4. The van der Waals surface area contributed by atoms with Gasteiger partial charge in [-0.1, -0.05) is 204 Å². The fourth-order valence-corrected chi connectivity index (χ4v) is 7.08. The van der Waals surface area contributed by atoms with Crippen molar-refractivity contribution < 1.29 is 25.2 Å². The van der Waals surface area contributed by atoms with Crippen LogP contribution in [0.5, 0.6) is 0 Å². The molecule has 0 radical (unpaired) electrons. The molecule has 1 amide bonds. The predicted molar refractivity (Wildman–Crippen MR) is 233 cm³/mol. The van der Waals surface area contributed by atoms with Gasteiger partial charge >= 0.3 is 0 Å². The van der Waals surface area contributed by atoms with Crippen molar-refractivity contribution in [1.29, 1.82) is 0 Å². The van der Waals surface area contributed by atoms with Gasteiger partial charge in [0.2, 0.25) is 5.91 Å². The fraction of sp³-hybridized carbons (Fsp3) is 0.854. The second-order valence-corrected chi connectivity index (χ2v) is 16.1. The first-order valence-electron chi connectivity index (χ1n) is 23.4. The van der Waals surface area contributed by atoms with E-state index in [0.29, 0.717) is 19.3 Å². The van der Waals surface area contributed by atoms with E-state index in [1.54, 1.807) is 0 Å². The third-order valence-corrected chi connectivity index (χ3v) is 10.8. The lowest BCUT2D eigenvalue weighted by atomic mass is 10.00. The Hall–Kier alpha value is -1.47. The molecule has 0 aliphatic heterocycles. The van der Waals surface area contributed by atoms with Gasteiger partial charge in [-0.2, -0.15) is 0 Å². The lowest BCUT2D eigenvalue weighted by Crippen LogP contribution is -2.53. The van der Waals surface area contributed by atoms with Crippen LogP contribution in [-0.2, 0) is 4.79 Å². The molecule has 0 rings (SSSR count). The van der Waals surface area contributed by atoms with Crippen molar-refractivity contribution >= 4 is 5.91 Å². The van der Waals surface area contributed by atoms with Crippen molar-refractivity contribution in [3.63, 3.8) is 0 Å². The minimum absolute atomic E-state index is 0.361. The summed E-state index contributed by atoms with van der Waals surface area (Å²) in [7, 11) is 0. The van der Waals surface area contributed by atoms with Crippen molar-refractivity contribution in [2.75, 3.05) is 6.61 Å². The molecule has 0 bridgehead atoms. The summed E-state index contributed by atoms with van der Waals surface area (Å²) in [5, 5.41) is 43.6. The highest BCUT2D eigenvalue weighted by Crippen LogP contribution is 2.15. The largest absolute Gasteiger partial charge is 0.394 e. The maximum absolute atomic E-state index is 12.5. The van der Waals surface area contributed by atoms with Crippen LogP contribution in [0.1, 0.15) is 232 Å². The zero-order valence-electron chi connectivity index (χ0n) is 35.7. The maximum Gasteiger partial charge on any atom is 0.249 e. The molecule has 4 atom stereocenters. The first-order valence-corrected chi connectivity index (χ1v) is 23.4. The van der Waals surface area contributed by atoms with Crippen LogP contribution in [-0.4, -0.2) is 57.3 Å². The molecule has 4 unspecified atom stereocenters. The first kappa shape index (κ1) is 52.5. The molecule has 0 aliphatic rings. The number of unbranched alkanes of at least 4 members (excludes halogenated alkanes) is 27. The Kier molecular flexibility index (Phi) is 41.5. The molecular formula is C48H91NO5. The molecule has 0 saturated heterocycles. The van der Waals surface area contributed by atoms with Crippen LogP contribution < -0.4 is 5.32 Å². The molecule has 0 spiro atoms. The molecule has 318 valence electrons. The molecule has 6 nitrogen and oxygen atoms in total. The van der Waals surface area contributed by atoms with Gasteiger partial charge < -0.3 is 25.7 Å². The van der Waals surface area contributed by atoms with E-state index in [1.165, 1.54) is 148 Å². The summed E-state index contributed by atoms with van der Waals surface area (Å²) >= 11 is 0. The van der Waals surface area contributed by atoms with Gasteiger partial charge in [0.05, 0.1) is 18.8 Å². The SMILES string of the molecule is CCCCCCCCCCCCCC/C=C/CC/C=C/CC/C=C/CCCC(O)C(O)C(CO)NC(=O)C(O)CCCCCCCCCCCCCCC. The minimum Gasteiger partial charge on any atom is -0.394 e. The fourth-order valence-electron chi connectivity index (χ4n) is 7.08. The summed E-state index contributed by atoms with van der Waals surface area (Å²) in [6, 6.07) is -1.01. The Morgan fingerprint density at radius 1 is 0.444 bits per heavy atom. The number of carbonyl (C=O) groups is 1. The van der Waals surface area contributed by atoms with Crippen LogP contribution >= 0.6 is 0 Å². The molecule has 54 heavy (non-hydrogen) atoms. The standard InChI is InChI=1S/C48H91NO5/c1-3-5-7-9-11-13-15-17-18-19-20-21-22-23-24-25-26-27-28-30-31-33-35-37-39-41-45(51)47(53)44(43-50)49-48(54)46(52)42-40-38-36-34-32-29-16-14-12-10-8-6-4-2/h23-24,27-28,33,35,44-47,50-53H,3-22,25-26,29-32,34,36-43H2,1-2H3,(H,49,54)/b24-23+,28-27+,35-33+. The van der Waals surface area contributed by atoms with Crippen LogP contribution in [0.3, 0.4) is 0 Å². The molecule has 0 aromatic rings. The molecule has 0 fully saturated rings. The highest BCUT2D eigenvalue weighted by Gasteiger charge is 2.28.